The van der Waals surface area contributed by atoms with E-state index in [4.69, 9.17) is 0 Å². The molecule has 0 aliphatic heterocycles. The van der Waals surface area contributed by atoms with E-state index in [9.17, 15) is 5.11 Å². The van der Waals surface area contributed by atoms with Gasteiger partial charge in [0, 0.05) is 12.0 Å². The Morgan fingerprint density at radius 2 is 2.27 bits per heavy atom. The fourth-order valence-electron chi connectivity index (χ4n) is 2.08. The second-order valence-corrected chi connectivity index (χ2v) is 3.96. The number of aliphatic hydroxyl groups is 1. The minimum atomic E-state index is 0.253. The SMILES string of the molecule is CNCC(C)C1(CO)CC1C. The number of hydrogen-bond donors (Lipinski definition) is 2. The Morgan fingerprint density at radius 1 is 1.73 bits per heavy atom. The van der Waals surface area contributed by atoms with E-state index in [0.29, 0.717) is 12.5 Å². The Labute approximate surface area is 69.0 Å². The molecule has 2 nitrogen and oxygen atoms in total. The third kappa shape index (κ3) is 1.42. The maximum absolute atomic E-state index is 9.20. The Hall–Kier alpha value is -0.0800. The standard InChI is InChI=1S/C9H19NO/c1-7-4-9(7,6-11)8(2)5-10-3/h7-8,10-11H,4-6H2,1-3H3. The topological polar surface area (TPSA) is 32.3 Å². The smallest absolute Gasteiger partial charge is 0.0493 e. The molecular weight excluding hydrogens is 138 g/mol. The molecule has 0 aromatic rings. The van der Waals surface area contributed by atoms with Gasteiger partial charge in [-0.15, -0.1) is 0 Å². The summed E-state index contributed by atoms with van der Waals surface area (Å²) in [5, 5.41) is 12.4. The van der Waals surface area contributed by atoms with E-state index in [-0.39, 0.29) is 5.41 Å². The van der Waals surface area contributed by atoms with Crippen molar-refractivity contribution in [3.63, 3.8) is 0 Å². The molecule has 2 heteroatoms. The van der Waals surface area contributed by atoms with Crippen molar-refractivity contribution in [2.24, 2.45) is 17.3 Å². The summed E-state index contributed by atoms with van der Waals surface area (Å²) in [6.45, 7) is 5.82. The van der Waals surface area contributed by atoms with Crippen LogP contribution in [0.25, 0.3) is 0 Å². The number of hydrogen-bond acceptors (Lipinski definition) is 2. The average Bonchev–Trinajstić information content (AvgIpc) is 2.63. The highest BCUT2D eigenvalue weighted by molar-refractivity contribution is 5.02. The first-order valence-electron chi connectivity index (χ1n) is 4.43. The van der Waals surface area contributed by atoms with Crippen LogP contribution in [0.15, 0.2) is 0 Å². The molecule has 0 radical (unpaired) electrons. The van der Waals surface area contributed by atoms with Gasteiger partial charge in [-0.05, 0) is 31.8 Å². The van der Waals surface area contributed by atoms with Crippen molar-refractivity contribution in [3.8, 4) is 0 Å². The highest BCUT2D eigenvalue weighted by Gasteiger charge is 2.53. The highest BCUT2D eigenvalue weighted by atomic mass is 16.3. The van der Waals surface area contributed by atoms with Crippen LogP contribution in [-0.2, 0) is 0 Å². The van der Waals surface area contributed by atoms with E-state index < -0.39 is 0 Å². The van der Waals surface area contributed by atoms with Crippen molar-refractivity contribution in [3.05, 3.63) is 0 Å². The van der Waals surface area contributed by atoms with Gasteiger partial charge < -0.3 is 10.4 Å². The van der Waals surface area contributed by atoms with Gasteiger partial charge in [0.1, 0.15) is 0 Å². The molecule has 0 bridgehead atoms. The Bertz CT molecular complexity index is 134. The molecule has 0 aromatic heterocycles. The molecule has 1 aliphatic rings. The van der Waals surface area contributed by atoms with Crippen LogP contribution in [0, 0.1) is 17.3 Å². The molecule has 0 saturated heterocycles. The van der Waals surface area contributed by atoms with Gasteiger partial charge in [0.2, 0.25) is 0 Å². The van der Waals surface area contributed by atoms with Crippen molar-refractivity contribution in [1.82, 2.24) is 5.32 Å². The fourth-order valence-corrected chi connectivity index (χ4v) is 2.08. The Balaban J connectivity index is 2.44. The molecule has 1 fully saturated rings. The zero-order chi connectivity index (χ0) is 8.48. The first kappa shape index (κ1) is 9.01. The molecule has 3 unspecified atom stereocenters. The summed E-state index contributed by atoms with van der Waals surface area (Å²) >= 11 is 0. The molecule has 1 aliphatic carbocycles. The lowest BCUT2D eigenvalue weighted by Crippen LogP contribution is -2.28. The highest BCUT2D eigenvalue weighted by Crippen LogP contribution is 2.56. The summed E-state index contributed by atoms with van der Waals surface area (Å²) in [6, 6.07) is 0. The summed E-state index contributed by atoms with van der Waals surface area (Å²) in [4.78, 5) is 0. The van der Waals surface area contributed by atoms with E-state index in [1.54, 1.807) is 0 Å². The number of rotatable bonds is 4. The van der Waals surface area contributed by atoms with Crippen molar-refractivity contribution in [1.29, 1.82) is 0 Å². The summed E-state index contributed by atoms with van der Waals surface area (Å²) in [7, 11) is 1.97. The second-order valence-electron chi connectivity index (χ2n) is 3.96. The predicted molar refractivity (Wildman–Crippen MR) is 46.4 cm³/mol. The van der Waals surface area contributed by atoms with Crippen LogP contribution in [-0.4, -0.2) is 25.3 Å². The molecule has 3 atom stereocenters. The average molecular weight is 157 g/mol. The molecule has 66 valence electrons. The maximum atomic E-state index is 9.20. The van der Waals surface area contributed by atoms with Gasteiger partial charge in [-0.25, -0.2) is 0 Å². The zero-order valence-corrected chi connectivity index (χ0v) is 7.72. The maximum Gasteiger partial charge on any atom is 0.0493 e. The fraction of sp³-hybridized carbons (Fsp3) is 1.00. The molecule has 1 saturated carbocycles. The number of nitrogens with one attached hydrogen (secondary N) is 1. The van der Waals surface area contributed by atoms with E-state index in [2.05, 4.69) is 19.2 Å². The molecule has 1 rings (SSSR count). The summed E-state index contributed by atoms with van der Waals surface area (Å²) in [6.07, 6.45) is 1.20. The van der Waals surface area contributed by atoms with Crippen LogP contribution in [0.2, 0.25) is 0 Å². The lowest BCUT2D eigenvalue weighted by molar-refractivity contribution is 0.150. The van der Waals surface area contributed by atoms with Crippen LogP contribution in [0.4, 0.5) is 0 Å². The second kappa shape index (κ2) is 3.11. The van der Waals surface area contributed by atoms with Crippen molar-refractivity contribution >= 4 is 0 Å². The first-order valence-corrected chi connectivity index (χ1v) is 4.43. The van der Waals surface area contributed by atoms with E-state index in [0.717, 1.165) is 12.5 Å². The minimum absolute atomic E-state index is 0.253. The van der Waals surface area contributed by atoms with Crippen LogP contribution in [0.1, 0.15) is 20.3 Å². The van der Waals surface area contributed by atoms with Gasteiger partial charge in [0.05, 0.1) is 0 Å². The lowest BCUT2D eigenvalue weighted by atomic mass is 9.89. The molecule has 0 spiro atoms. The summed E-state index contributed by atoms with van der Waals surface area (Å²) in [5.74, 6) is 1.32. The predicted octanol–water partition coefficient (Wildman–Crippen LogP) is 0.860. The van der Waals surface area contributed by atoms with Crippen LogP contribution in [0.3, 0.4) is 0 Å². The molecule has 2 N–H and O–H groups in total. The Kier molecular flexibility index (Phi) is 2.55. The van der Waals surface area contributed by atoms with E-state index in [1.807, 2.05) is 7.05 Å². The quantitative estimate of drug-likeness (QED) is 0.634. The van der Waals surface area contributed by atoms with Gasteiger partial charge in [0.25, 0.3) is 0 Å². The van der Waals surface area contributed by atoms with Gasteiger partial charge in [-0.1, -0.05) is 13.8 Å². The summed E-state index contributed by atoms with van der Waals surface area (Å²) < 4.78 is 0. The first-order chi connectivity index (χ1) is 5.17. The Morgan fingerprint density at radius 3 is 2.55 bits per heavy atom. The number of aliphatic hydroxyl groups excluding tert-OH is 1. The third-order valence-electron chi connectivity index (χ3n) is 3.29. The van der Waals surface area contributed by atoms with Crippen molar-refractivity contribution in [2.45, 2.75) is 20.3 Å². The molecule has 11 heavy (non-hydrogen) atoms. The van der Waals surface area contributed by atoms with Crippen LogP contribution >= 0.6 is 0 Å². The molecule has 0 heterocycles. The van der Waals surface area contributed by atoms with Crippen LogP contribution in [0.5, 0.6) is 0 Å². The lowest BCUT2D eigenvalue weighted by Gasteiger charge is -2.21. The van der Waals surface area contributed by atoms with Crippen LogP contribution < -0.4 is 5.32 Å². The van der Waals surface area contributed by atoms with Gasteiger partial charge in [-0.2, -0.15) is 0 Å². The zero-order valence-electron chi connectivity index (χ0n) is 7.72. The van der Waals surface area contributed by atoms with Gasteiger partial charge in [-0.3, -0.25) is 0 Å². The molecule has 0 amide bonds. The van der Waals surface area contributed by atoms with E-state index >= 15 is 0 Å². The van der Waals surface area contributed by atoms with Crippen molar-refractivity contribution in [2.75, 3.05) is 20.2 Å². The summed E-state index contributed by atoms with van der Waals surface area (Å²) in [5.41, 5.74) is 0.253. The minimum Gasteiger partial charge on any atom is -0.396 e. The molecule has 0 aromatic carbocycles. The normalized spacial score (nSPS) is 38.7. The van der Waals surface area contributed by atoms with Crippen molar-refractivity contribution < 1.29 is 5.11 Å². The van der Waals surface area contributed by atoms with Gasteiger partial charge >= 0.3 is 0 Å². The van der Waals surface area contributed by atoms with E-state index in [1.165, 1.54) is 6.42 Å². The molecular formula is C9H19NO. The third-order valence-corrected chi connectivity index (χ3v) is 3.29. The van der Waals surface area contributed by atoms with Gasteiger partial charge in [0.15, 0.2) is 0 Å². The monoisotopic (exact) mass is 157 g/mol. The largest absolute Gasteiger partial charge is 0.396 e.